The van der Waals surface area contributed by atoms with E-state index in [-0.39, 0.29) is 10.4 Å². The second-order valence-electron chi connectivity index (χ2n) is 2.61. The number of rotatable bonds is 5. The molecule has 12 heavy (non-hydrogen) atoms. The first-order valence-electron chi connectivity index (χ1n) is 3.91. The molecule has 0 saturated carbocycles. The van der Waals surface area contributed by atoms with E-state index in [0.29, 0.717) is 5.25 Å². The van der Waals surface area contributed by atoms with Gasteiger partial charge in [-0.3, -0.25) is 9.59 Å². The molecule has 70 valence electrons. The summed E-state index contributed by atoms with van der Waals surface area (Å²) in [5.41, 5.74) is 0.743. The molecule has 1 atom stereocenters. The van der Waals surface area contributed by atoms with Crippen molar-refractivity contribution in [2.75, 3.05) is 0 Å². The third kappa shape index (κ3) is 4.83. The third-order valence-corrected chi connectivity index (χ3v) is 3.33. The number of thioether (sulfide) groups is 2. The molecule has 0 spiro atoms. The van der Waals surface area contributed by atoms with E-state index in [1.165, 1.54) is 11.8 Å². The highest BCUT2D eigenvalue weighted by Crippen LogP contribution is 2.22. The summed E-state index contributed by atoms with van der Waals surface area (Å²) in [6.45, 7) is 5.86. The van der Waals surface area contributed by atoms with Crippen LogP contribution in [0.3, 0.4) is 0 Å². The van der Waals surface area contributed by atoms with Crippen molar-refractivity contribution in [3.63, 3.8) is 0 Å². The lowest BCUT2D eigenvalue weighted by Gasteiger charge is -2.10. The van der Waals surface area contributed by atoms with Crippen molar-refractivity contribution in [3.05, 3.63) is 0 Å². The van der Waals surface area contributed by atoms with Crippen LogP contribution in [-0.4, -0.2) is 21.2 Å². The average molecular weight is 206 g/mol. The molecule has 1 unspecified atom stereocenters. The number of hydrogen-bond acceptors (Lipinski definition) is 4. The van der Waals surface area contributed by atoms with Crippen LogP contribution in [0.5, 0.6) is 0 Å². The molecule has 2 nitrogen and oxygen atoms in total. The maximum absolute atomic E-state index is 11.4. The van der Waals surface area contributed by atoms with Crippen LogP contribution in [-0.2, 0) is 9.59 Å². The molecule has 0 bridgehead atoms. The van der Waals surface area contributed by atoms with Crippen molar-refractivity contribution in [3.8, 4) is 0 Å². The van der Waals surface area contributed by atoms with Crippen molar-refractivity contribution >= 4 is 34.3 Å². The molecule has 0 heterocycles. The molecule has 0 amide bonds. The molecular weight excluding hydrogens is 192 g/mol. The lowest BCUT2D eigenvalue weighted by Crippen LogP contribution is -2.14. The normalized spacial score (nSPS) is 13.0. The highest BCUT2D eigenvalue weighted by atomic mass is 32.2. The van der Waals surface area contributed by atoms with Crippen LogP contribution in [0.25, 0.3) is 0 Å². The van der Waals surface area contributed by atoms with Gasteiger partial charge in [0.15, 0.2) is 5.62 Å². The zero-order valence-corrected chi connectivity index (χ0v) is 9.21. The standard InChI is InChI=1S/C8H14O2S2/c1-4-7(11-5-9)8(10)12-6(2)3/h5-7H,4H2,1-3H3. The van der Waals surface area contributed by atoms with Gasteiger partial charge in [0.05, 0.1) is 5.25 Å². The van der Waals surface area contributed by atoms with Crippen molar-refractivity contribution in [2.24, 2.45) is 0 Å². The molecule has 0 aromatic heterocycles. The Morgan fingerprint density at radius 1 is 1.50 bits per heavy atom. The minimum absolute atomic E-state index is 0.115. The highest BCUT2D eigenvalue weighted by molar-refractivity contribution is 8.19. The third-order valence-electron chi connectivity index (χ3n) is 1.21. The predicted molar refractivity (Wildman–Crippen MR) is 56.2 cm³/mol. The van der Waals surface area contributed by atoms with Gasteiger partial charge in [-0.25, -0.2) is 0 Å². The monoisotopic (exact) mass is 206 g/mol. The van der Waals surface area contributed by atoms with E-state index in [2.05, 4.69) is 0 Å². The van der Waals surface area contributed by atoms with Gasteiger partial charge in [-0.05, 0) is 6.42 Å². The SMILES string of the molecule is CCC(SC=O)C(=O)SC(C)C. The Hall–Kier alpha value is 0.0400. The van der Waals surface area contributed by atoms with Gasteiger partial charge in [0.2, 0.25) is 5.12 Å². The van der Waals surface area contributed by atoms with Crippen LogP contribution < -0.4 is 0 Å². The van der Waals surface area contributed by atoms with Crippen LogP contribution >= 0.6 is 23.5 Å². The zero-order chi connectivity index (χ0) is 9.56. The van der Waals surface area contributed by atoms with Crippen LogP contribution in [0, 0.1) is 0 Å². The quantitative estimate of drug-likeness (QED) is 0.647. The molecule has 0 N–H and O–H groups in total. The fourth-order valence-electron chi connectivity index (χ4n) is 0.694. The first-order valence-corrected chi connectivity index (χ1v) is 5.73. The minimum atomic E-state index is -0.158. The Balaban J connectivity index is 3.93. The summed E-state index contributed by atoms with van der Waals surface area (Å²) in [5.74, 6) is 0. The van der Waals surface area contributed by atoms with E-state index in [1.807, 2.05) is 20.8 Å². The maximum atomic E-state index is 11.4. The smallest absolute Gasteiger partial charge is 0.202 e. The number of carbonyl (C=O) groups is 2. The Kier molecular flexibility index (Phi) is 6.57. The molecule has 0 aromatic carbocycles. The maximum Gasteiger partial charge on any atom is 0.202 e. The Morgan fingerprint density at radius 2 is 2.08 bits per heavy atom. The number of carbonyl (C=O) groups excluding carboxylic acids is 2. The van der Waals surface area contributed by atoms with Crippen LogP contribution in [0.4, 0.5) is 0 Å². The predicted octanol–water partition coefficient (Wildman–Crippen LogP) is 2.36. The van der Waals surface area contributed by atoms with Crippen LogP contribution in [0.1, 0.15) is 27.2 Å². The summed E-state index contributed by atoms with van der Waals surface area (Å²) in [5, 5.41) is 0.262. The van der Waals surface area contributed by atoms with Gasteiger partial charge in [0.1, 0.15) is 0 Å². The van der Waals surface area contributed by atoms with Gasteiger partial charge in [-0.1, -0.05) is 44.3 Å². The van der Waals surface area contributed by atoms with Gasteiger partial charge in [0, 0.05) is 5.25 Å². The fourth-order valence-corrected chi connectivity index (χ4v) is 2.25. The molecule has 0 aliphatic carbocycles. The molecule has 4 heteroatoms. The lowest BCUT2D eigenvalue weighted by atomic mass is 10.4. The summed E-state index contributed by atoms with van der Waals surface area (Å²) >= 11 is 2.38. The summed E-state index contributed by atoms with van der Waals surface area (Å²) in [6, 6.07) is 0. The van der Waals surface area contributed by atoms with Crippen molar-refractivity contribution < 1.29 is 9.59 Å². The molecule has 0 rings (SSSR count). The molecule has 0 aliphatic heterocycles. The van der Waals surface area contributed by atoms with Crippen molar-refractivity contribution in [1.29, 1.82) is 0 Å². The summed E-state index contributed by atoms with van der Waals surface area (Å²) < 4.78 is 0. The second-order valence-corrected chi connectivity index (χ2v) is 5.23. The first kappa shape index (κ1) is 12.0. The van der Waals surface area contributed by atoms with Gasteiger partial charge in [-0.2, -0.15) is 0 Å². The van der Waals surface area contributed by atoms with Crippen molar-refractivity contribution in [1.82, 2.24) is 0 Å². The van der Waals surface area contributed by atoms with E-state index < -0.39 is 0 Å². The van der Waals surface area contributed by atoms with Crippen LogP contribution in [0.2, 0.25) is 0 Å². The summed E-state index contributed by atoms with van der Waals surface area (Å²) in [4.78, 5) is 21.5. The summed E-state index contributed by atoms with van der Waals surface area (Å²) in [6.07, 6.45) is 0.724. The van der Waals surface area contributed by atoms with E-state index in [1.54, 1.807) is 0 Å². The fraction of sp³-hybridized carbons (Fsp3) is 0.750. The minimum Gasteiger partial charge on any atom is -0.291 e. The molecule has 0 aromatic rings. The first-order chi connectivity index (χ1) is 5.61. The average Bonchev–Trinajstić information content (AvgIpc) is 1.98. The molecule has 0 radical (unpaired) electrons. The number of hydrogen-bond donors (Lipinski definition) is 0. The molecule has 0 fully saturated rings. The molecular formula is C8H14O2S2. The topological polar surface area (TPSA) is 34.1 Å². The van der Waals surface area contributed by atoms with Gasteiger partial charge >= 0.3 is 0 Å². The van der Waals surface area contributed by atoms with Gasteiger partial charge < -0.3 is 0 Å². The van der Waals surface area contributed by atoms with E-state index in [9.17, 15) is 9.59 Å². The van der Waals surface area contributed by atoms with E-state index >= 15 is 0 Å². The molecule has 0 saturated heterocycles. The van der Waals surface area contributed by atoms with Crippen molar-refractivity contribution in [2.45, 2.75) is 37.7 Å². The van der Waals surface area contributed by atoms with E-state index in [0.717, 1.165) is 23.8 Å². The Labute approximate surface area is 81.9 Å². The second kappa shape index (κ2) is 6.54. The zero-order valence-electron chi connectivity index (χ0n) is 7.57. The lowest BCUT2D eigenvalue weighted by molar-refractivity contribution is -0.110. The van der Waals surface area contributed by atoms with E-state index in [4.69, 9.17) is 0 Å². The summed E-state index contributed by atoms with van der Waals surface area (Å²) in [7, 11) is 0. The largest absolute Gasteiger partial charge is 0.291 e. The Morgan fingerprint density at radius 3 is 2.42 bits per heavy atom. The highest BCUT2D eigenvalue weighted by Gasteiger charge is 2.17. The Bertz CT molecular complexity index is 157. The van der Waals surface area contributed by atoms with Gasteiger partial charge in [-0.15, -0.1) is 0 Å². The van der Waals surface area contributed by atoms with Crippen LogP contribution in [0.15, 0.2) is 0 Å². The van der Waals surface area contributed by atoms with Gasteiger partial charge in [0.25, 0.3) is 0 Å². The molecule has 0 aliphatic rings.